The van der Waals surface area contributed by atoms with E-state index >= 15 is 0 Å². The predicted molar refractivity (Wildman–Crippen MR) is 73.5 cm³/mol. The van der Waals surface area contributed by atoms with Crippen molar-refractivity contribution < 1.29 is 9.53 Å². The molecule has 98 valence electrons. The SMILES string of the molecule is CCOC(=O)c1ccccc1-c1ccnc(CN)c1. The van der Waals surface area contributed by atoms with E-state index in [1.54, 1.807) is 19.2 Å². The zero-order chi connectivity index (χ0) is 13.7. The van der Waals surface area contributed by atoms with Crippen LogP contribution in [-0.4, -0.2) is 17.6 Å². The summed E-state index contributed by atoms with van der Waals surface area (Å²) in [5, 5.41) is 0. The average Bonchev–Trinajstić information content (AvgIpc) is 2.47. The molecule has 0 radical (unpaired) electrons. The molecular weight excluding hydrogens is 240 g/mol. The van der Waals surface area contributed by atoms with E-state index in [9.17, 15) is 4.79 Å². The van der Waals surface area contributed by atoms with Crippen LogP contribution in [0.1, 0.15) is 23.0 Å². The number of ether oxygens (including phenoxy) is 1. The predicted octanol–water partition coefficient (Wildman–Crippen LogP) is 2.38. The lowest BCUT2D eigenvalue weighted by molar-refractivity contribution is 0.0527. The van der Waals surface area contributed by atoms with Crippen LogP contribution < -0.4 is 5.73 Å². The van der Waals surface area contributed by atoms with Crippen LogP contribution in [-0.2, 0) is 11.3 Å². The Bertz CT molecular complexity index is 582. The molecule has 19 heavy (non-hydrogen) atoms. The quantitative estimate of drug-likeness (QED) is 0.853. The van der Waals surface area contributed by atoms with Gasteiger partial charge in [-0.3, -0.25) is 4.98 Å². The fraction of sp³-hybridized carbons (Fsp3) is 0.200. The number of hydrogen-bond acceptors (Lipinski definition) is 4. The van der Waals surface area contributed by atoms with Crippen LogP contribution >= 0.6 is 0 Å². The van der Waals surface area contributed by atoms with Gasteiger partial charge in [0.1, 0.15) is 0 Å². The number of pyridine rings is 1. The van der Waals surface area contributed by atoms with E-state index in [0.717, 1.165) is 16.8 Å². The van der Waals surface area contributed by atoms with Crippen molar-refractivity contribution in [2.45, 2.75) is 13.5 Å². The van der Waals surface area contributed by atoms with Crippen LogP contribution in [0, 0.1) is 0 Å². The molecule has 2 rings (SSSR count). The van der Waals surface area contributed by atoms with Crippen LogP contribution in [0.5, 0.6) is 0 Å². The van der Waals surface area contributed by atoms with Gasteiger partial charge >= 0.3 is 5.97 Å². The molecule has 1 aromatic heterocycles. The van der Waals surface area contributed by atoms with E-state index in [0.29, 0.717) is 18.7 Å². The molecule has 4 nitrogen and oxygen atoms in total. The van der Waals surface area contributed by atoms with Gasteiger partial charge in [0.25, 0.3) is 0 Å². The van der Waals surface area contributed by atoms with Crippen molar-refractivity contribution in [1.82, 2.24) is 4.98 Å². The van der Waals surface area contributed by atoms with Crippen molar-refractivity contribution in [2.24, 2.45) is 5.73 Å². The first-order chi connectivity index (χ1) is 9.26. The van der Waals surface area contributed by atoms with Crippen molar-refractivity contribution in [3.8, 4) is 11.1 Å². The van der Waals surface area contributed by atoms with Crippen LogP contribution in [0.3, 0.4) is 0 Å². The highest BCUT2D eigenvalue weighted by Gasteiger charge is 2.13. The molecule has 0 fully saturated rings. The van der Waals surface area contributed by atoms with Crippen LogP contribution in [0.15, 0.2) is 42.6 Å². The fourth-order valence-electron chi connectivity index (χ4n) is 1.88. The first-order valence-corrected chi connectivity index (χ1v) is 6.17. The normalized spacial score (nSPS) is 10.2. The summed E-state index contributed by atoms with van der Waals surface area (Å²) in [5.74, 6) is -0.316. The highest BCUT2D eigenvalue weighted by Crippen LogP contribution is 2.24. The molecule has 4 heteroatoms. The van der Waals surface area contributed by atoms with Crippen LogP contribution in [0.4, 0.5) is 0 Å². The van der Waals surface area contributed by atoms with Gasteiger partial charge in [-0.05, 0) is 36.2 Å². The number of carbonyl (C=O) groups excluding carboxylic acids is 1. The van der Waals surface area contributed by atoms with Crippen LogP contribution in [0.25, 0.3) is 11.1 Å². The minimum atomic E-state index is -0.316. The maximum atomic E-state index is 11.9. The summed E-state index contributed by atoms with van der Waals surface area (Å²) in [6.45, 7) is 2.52. The lowest BCUT2D eigenvalue weighted by Crippen LogP contribution is -2.06. The molecule has 0 saturated carbocycles. The smallest absolute Gasteiger partial charge is 0.338 e. The Kier molecular flexibility index (Phi) is 4.26. The molecule has 0 spiro atoms. The number of nitrogens with zero attached hydrogens (tertiary/aromatic N) is 1. The zero-order valence-corrected chi connectivity index (χ0v) is 10.8. The van der Waals surface area contributed by atoms with E-state index in [4.69, 9.17) is 10.5 Å². The van der Waals surface area contributed by atoms with Gasteiger partial charge in [0.2, 0.25) is 0 Å². The Morgan fingerprint density at radius 1 is 1.32 bits per heavy atom. The first kappa shape index (κ1) is 13.2. The van der Waals surface area contributed by atoms with Crippen LogP contribution in [0.2, 0.25) is 0 Å². The Morgan fingerprint density at radius 2 is 2.11 bits per heavy atom. The highest BCUT2D eigenvalue weighted by atomic mass is 16.5. The Labute approximate surface area is 112 Å². The molecule has 0 amide bonds. The van der Waals surface area contributed by atoms with Gasteiger partial charge < -0.3 is 10.5 Å². The van der Waals surface area contributed by atoms with Crippen molar-refractivity contribution in [1.29, 1.82) is 0 Å². The summed E-state index contributed by atoms with van der Waals surface area (Å²) >= 11 is 0. The third kappa shape index (κ3) is 2.98. The summed E-state index contributed by atoms with van der Waals surface area (Å²) in [4.78, 5) is 16.1. The number of nitrogens with two attached hydrogens (primary N) is 1. The van der Waals surface area contributed by atoms with Crippen molar-refractivity contribution >= 4 is 5.97 Å². The number of esters is 1. The van der Waals surface area contributed by atoms with Gasteiger partial charge in [-0.25, -0.2) is 4.79 Å². The summed E-state index contributed by atoms with van der Waals surface area (Å²) in [6.07, 6.45) is 1.69. The Hall–Kier alpha value is -2.20. The van der Waals surface area contributed by atoms with Crippen molar-refractivity contribution in [3.63, 3.8) is 0 Å². The summed E-state index contributed by atoms with van der Waals surface area (Å²) in [6, 6.07) is 11.1. The van der Waals surface area contributed by atoms with Crippen molar-refractivity contribution in [2.75, 3.05) is 6.61 Å². The number of carbonyl (C=O) groups is 1. The highest BCUT2D eigenvalue weighted by molar-refractivity contribution is 5.97. The van der Waals surface area contributed by atoms with E-state index in [1.165, 1.54) is 0 Å². The number of rotatable bonds is 4. The second kappa shape index (κ2) is 6.11. The molecule has 1 aromatic carbocycles. The van der Waals surface area contributed by atoms with Crippen molar-refractivity contribution in [3.05, 3.63) is 53.9 Å². The number of aromatic nitrogens is 1. The maximum absolute atomic E-state index is 11.9. The maximum Gasteiger partial charge on any atom is 0.338 e. The molecule has 0 aliphatic carbocycles. The molecule has 0 unspecified atom stereocenters. The van der Waals surface area contributed by atoms with Gasteiger partial charge in [0.05, 0.1) is 17.9 Å². The third-order valence-corrected chi connectivity index (χ3v) is 2.76. The Morgan fingerprint density at radius 3 is 2.84 bits per heavy atom. The van der Waals surface area contributed by atoms with E-state index in [-0.39, 0.29) is 5.97 Å². The molecular formula is C15H16N2O2. The average molecular weight is 256 g/mol. The van der Waals surface area contributed by atoms with Gasteiger partial charge in [0, 0.05) is 12.7 Å². The largest absolute Gasteiger partial charge is 0.462 e. The fourth-order valence-corrected chi connectivity index (χ4v) is 1.88. The number of hydrogen-bond donors (Lipinski definition) is 1. The molecule has 0 bridgehead atoms. The summed E-state index contributed by atoms with van der Waals surface area (Å²) in [5.41, 5.74) is 8.68. The topological polar surface area (TPSA) is 65.2 Å². The van der Waals surface area contributed by atoms with Gasteiger partial charge in [-0.15, -0.1) is 0 Å². The summed E-state index contributed by atoms with van der Waals surface area (Å²) < 4.78 is 5.07. The number of benzene rings is 1. The Balaban J connectivity index is 2.46. The summed E-state index contributed by atoms with van der Waals surface area (Å²) in [7, 11) is 0. The van der Waals surface area contributed by atoms with Gasteiger partial charge in [-0.2, -0.15) is 0 Å². The monoisotopic (exact) mass is 256 g/mol. The minimum absolute atomic E-state index is 0.316. The van der Waals surface area contributed by atoms with Gasteiger partial charge in [-0.1, -0.05) is 18.2 Å². The molecule has 0 atom stereocenters. The molecule has 2 N–H and O–H groups in total. The zero-order valence-electron chi connectivity index (χ0n) is 10.8. The first-order valence-electron chi connectivity index (χ1n) is 6.17. The minimum Gasteiger partial charge on any atom is -0.462 e. The van der Waals surface area contributed by atoms with E-state index in [1.807, 2.05) is 30.3 Å². The molecule has 0 aliphatic rings. The molecule has 2 aromatic rings. The standard InChI is InChI=1S/C15H16N2O2/c1-2-19-15(18)14-6-4-3-5-13(14)11-7-8-17-12(9-11)10-16/h3-9H,2,10,16H2,1H3. The third-order valence-electron chi connectivity index (χ3n) is 2.76. The van der Waals surface area contributed by atoms with Gasteiger partial charge in [0.15, 0.2) is 0 Å². The van der Waals surface area contributed by atoms with E-state index < -0.39 is 0 Å². The molecule has 1 heterocycles. The second-order valence-corrected chi connectivity index (χ2v) is 4.01. The lowest BCUT2D eigenvalue weighted by atomic mass is 10.00. The molecule has 0 aliphatic heterocycles. The lowest BCUT2D eigenvalue weighted by Gasteiger charge is -2.09. The van der Waals surface area contributed by atoms with E-state index in [2.05, 4.69) is 4.98 Å². The second-order valence-electron chi connectivity index (χ2n) is 4.01. The molecule has 0 saturated heterocycles.